The molecule has 178 valence electrons. The summed E-state index contributed by atoms with van der Waals surface area (Å²) in [7, 11) is 1.72. The molecule has 0 radical (unpaired) electrons. The van der Waals surface area contributed by atoms with Crippen molar-refractivity contribution in [3.05, 3.63) is 29.9 Å². The molecule has 1 heterocycles. The molecule has 0 unspecified atom stereocenters. The number of hydrogen-bond donors (Lipinski definition) is 1. The Morgan fingerprint density at radius 2 is 1.10 bits per heavy atom. The van der Waals surface area contributed by atoms with Crippen molar-refractivity contribution < 1.29 is 4.74 Å². The number of unbranched alkanes of at least 4 members (excludes halogenated alkanes) is 13. The average molecular weight is 452 g/mol. The van der Waals surface area contributed by atoms with Crippen molar-refractivity contribution in [2.75, 3.05) is 13.7 Å². The van der Waals surface area contributed by atoms with Crippen molar-refractivity contribution in [1.82, 2.24) is 9.13 Å². The van der Waals surface area contributed by atoms with Gasteiger partial charge < -0.3 is 13.9 Å². The lowest BCUT2D eigenvalue weighted by Crippen LogP contribution is -2.26. The topological polar surface area (TPSA) is 42.9 Å². The molecule has 2 rings (SSSR count). The van der Waals surface area contributed by atoms with E-state index in [0.717, 1.165) is 25.0 Å². The van der Waals surface area contributed by atoms with Gasteiger partial charge in [0.1, 0.15) is 0 Å². The van der Waals surface area contributed by atoms with E-state index in [0.29, 0.717) is 12.2 Å². The molecule has 0 spiro atoms. The SMILES string of the molecule is CCCCCCCCCCCCCCCCn1c(=N)n(CCOC)c2ccccc21.Cl. The molecule has 31 heavy (non-hydrogen) atoms. The van der Waals surface area contributed by atoms with Gasteiger partial charge in [-0.1, -0.05) is 103 Å². The lowest BCUT2D eigenvalue weighted by Gasteiger charge is -2.06. The predicted molar refractivity (Wildman–Crippen MR) is 135 cm³/mol. The maximum atomic E-state index is 8.60. The number of aromatic nitrogens is 2. The predicted octanol–water partition coefficient (Wildman–Crippen LogP) is 7.47. The standard InChI is InChI=1S/C26H45N3O.ClH/c1-3-4-5-6-7-8-9-10-11-12-13-14-15-18-21-28-24-19-16-17-20-25(24)29(26(28)27)22-23-30-2;/h16-17,19-20,27H,3-15,18,21-23H2,1-2H3;1H. The fraction of sp³-hybridized carbons (Fsp3) is 0.731. The summed E-state index contributed by atoms with van der Waals surface area (Å²) in [6.45, 7) is 4.61. The van der Waals surface area contributed by atoms with E-state index in [2.05, 4.69) is 40.3 Å². The molecule has 2 aromatic rings. The molecule has 5 heteroatoms. The van der Waals surface area contributed by atoms with Gasteiger partial charge in [0.2, 0.25) is 5.62 Å². The zero-order valence-corrected chi connectivity index (χ0v) is 20.9. The molecular weight excluding hydrogens is 406 g/mol. The van der Waals surface area contributed by atoms with Crippen molar-refractivity contribution in [2.24, 2.45) is 0 Å². The molecule has 0 fully saturated rings. The Hall–Kier alpha value is -1.26. The third-order valence-corrected chi connectivity index (χ3v) is 6.23. The Morgan fingerprint density at radius 3 is 1.55 bits per heavy atom. The van der Waals surface area contributed by atoms with Crippen LogP contribution in [0.3, 0.4) is 0 Å². The van der Waals surface area contributed by atoms with E-state index in [9.17, 15) is 0 Å². The van der Waals surface area contributed by atoms with Crippen molar-refractivity contribution in [2.45, 2.75) is 110 Å². The van der Waals surface area contributed by atoms with Crippen LogP contribution in [0.25, 0.3) is 11.0 Å². The van der Waals surface area contributed by atoms with Gasteiger partial charge in [0.05, 0.1) is 17.6 Å². The molecule has 0 atom stereocenters. The zero-order chi connectivity index (χ0) is 21.4. The van der Waals surface area contributed by atoms with Gasteiger partial charge in [0.25, 0.3) is 0 Å². The molecule has 0 amide bonds. The van der Waals surface area contributed by atoms with Crippen LogP contribution in [-0.2, 0) is 17.8 Å². The Morgan fingerprint density at radius 1 is 0.677 bits per heavy atom. The summed E-state index contributed by atoms with van der Waals surface area (Å²) >= 11 is 0. The molecule has 0 aliphatic rings. The lowest BCUT2D eigenvalue weighted by atomic mass is 10.0. The second-order valence-electron chi connectivity index (χ2n) is 8.70. The van der Waals surface area contributed by atoms with Crippen LogP contribution in [-0.4, -0.2) is 22.9 Å². The van der Waals surface area contributed by atoms with Crippen LogP contribution < -0.4 is 5.62 Å². The summed E-state index contributed by atoms with van der Waals surface area (Å²) in [6, 6.07) is 8.39. The summed E-state index contributed by atoms with van der Waals surface area (Å²) in [6.07, 6.45) is 19.3. The highest BCUT2D eigenvalue weighted by molar-refractivity contribution is 5.85. The fourth-order valence-electron chi connectivity index (χ4n) is 4.39. The van der Waals surface area contributed by atoms with Crippen molar-refractivity contribution in [3.63, 3.8) is 0 Å². The van der Waals surface area contributed by atoms with E-state index in [-0.39, 0.29) is 12.4 Å². The normalized spacial score (nSPS) is 11.2. The van der Waals surface area contributed by atoms with E-state index in [4.69, 9.17) is 10.1 Å². The van der Waals surface area contributed by atoms with Crippen LogP contribution in [0.5, 0.6) is 0 Å². The molecule has 0 bridgehead atoms. The highest BCUT2D eigenvalue weighted by atomic mass is 35.5. The van der Waals surface area contributed by atoms with Crippen LogP contribution in [0.4, 0.5) is 0 Å². The van der Waals surface area contributed by atoms with Crippen molar-refractivity contribution in [1.29, 1.82) is 5.41 Å². The number of para-hydroxylation sites is 2. The number of ether oxygens (including phenoxy) is 1. The molecule has 0 saturated heterocycles. The van der Waals surface area contributed by atoms with Crippen LogP contribution in [0, 0.1) is 5.41 Å². The van der Waals surface area contributed by atoms with E-state index in [1.165, 1.54) is 89.0 Å². The van der Waals surface area contributed by atoms with Crippen molar-refractivity contribution >= 4 is 23.4 Å². The molecular formula is C26H46ClN3O. The second-order valence-corrected chi connectivity index (χ2v) is 8.70. The molecule has 1 N–H and O–H groups in total. The zero-order valence-electron chi connectivity index (χ0n) is 20.0. The van der Waals surface area contributed by atoms with Gasteiger partial charge in [-0.2, -0.15) is 0 Å². The number of imidazole rings is 1. The minimum atomic E-state index is 0. The molecule has 0 saturated carbocycles. The number of aryl methyl sites for hydroxylation is 1. The number of methoxy groups -OCH3 is 1. The van der Waals surface area contributed by atoms with Gasteiger partial charge in [-0.05, 0) is 18.6 Å². The number of rotatable bonds is 18. The van der Waals surface area contributed by atoms with Gasteiger partial charge in [0, 0.05) is 20.2 Å². The minimum Gasteiger partial charge on any atom is -0.383 e. The van der Waals surface area contributed by atoms with Crippen LogP contribution >= 0.6 is 12.4 Å². The molecule has 1 aromatic carbocycles. The van der Waals surface area contributed by atoms with E-state index >= 15 is 0 Å². The van der Waals surface area contributed by atoms with Gasteiger partial charge in [0.15, 0.2) is 0 Å². The van der Waals surface area contributed by atoms with Crippen molar-refractivity contribution in [3.8, 4) is 0 Å². The summed E-state index contributed by atoms with van der Waals surface area (Å²) < 4.78 is 9.48. The fourth-order valence-corrected chi connectivity index (χ4v) is 4.39. The Balaban J connectivity index is 0.00000480. The van der Waals surface area contributed by atoms with E-state index < -0.39 is 0 Å². The Bertz CT molecular complexity index is 753. The lowest BCUT2D eigenvalue weighted by molar-refractivity contribution is 0.186. The van der Waals surface area contributed by atoms with Crippen LogP contribution in [0.2, 0.25) is 0 Å². The number of nitrogens with one attached hydrogen (secondary N) is 1. The summed E-state index contributed by atoms with van der Waals surface area (Å²) in [5.41, 5.74) is 2.92. The highest BCUT2D eigenvalue weighted by Gasteiger charge is 2.09. The number of halogens is 1. The molecule has 0 aliphatic heterocycles. The number of hydrogen-bond acceptors (Lipinski definition) is 2. The Labute approximate surface area is 196 Å². The average Bonchev–Trinajstić information content (AvgIpc) is 3.03. The summed E-state index contributed by atoms with van der Waals surface area (Å²) in [4.78, 5) is 0. The number of benzene rings is 1. The van der Waals surface area contributed by atoms with E-state index in [1.54, 1.807) is 7.11 Å². The first-order valence-electron chi connectivity index (χ1n) is 12.5. The first kappa shape index (κ1) is 27.8. The molecule has 1 aromatic heterocycles. The molecule has 4 nitrogen and oxygen atoms in total. The largest absolute Gasteiger partial charge is 0.383 e. The second kappa shape index (κ2) is 17.3. The quantitative estimate of drug-likeness (QED) is 0.234. The van der Waals surface area contributed by atoms with Crippen LogP contribution in [0.15, 0.2) is 24.3 Å². The van der Waals surface area contributed by atoms with Gasteiger partial charge in [-0.15, -0.1) is 12.4 Å². The maximum absolute atomic E-state index is 8.60. The maximum Gasteiger partial charge on any atom is 0.203 e. The Kier molecular flexibility index (Phi) is 15.5. The molecule has 0 aliphatic carbocycles. The smallest absolute Gasteiger partial charge is 0.203 e. The number of nitrogens with zero attached hydrogens (tertiary/aromatic N) is 2. The minimum absolute atomic E-state index is 0. The third-order valence-electron chi connectivity index (χ3n) is 6.23. The summed E-state index contributed by atoms with van der Waals surface area (Å²) in [5, 5.41) is 8.60. The van der Waals surface area contributed by atoms with Crippen LogP contribution in [0.1, 0.15) is 96.8 Å². The van der Waals surface area contributed by atoms with Gasteiger partial charge >= 0.3 is 0 Å². The summed E-state index contributed by atoms with van der Waals surface area (Å²) in [5.74, 6) is 0. The number of fused-ring (bicyclic) bond motifs is 1. The third kappa shape index (κ3) is 9.82. The first-order chi connectivity index (χ1) is 14.8. The van der Waals surface area contributed by atoms with Gasteiger partial charge in [-0.3, -0.25) is 5.41 Å². The first-order valence-corrected chi connectivity index (χ1v) is 12.5. The highest BCUT2D eigenvalue weighted by Crippen LogP contribution is 2.15. The van der Waals surface area contributed by atoms with E-state index in [1.807, 2.05) is 0 Å². The van der Waals surface area contributed by atoms with Gasteiger partial charge in [-0.25, -0.2) is 0 Å². The monoisotopic (exact) mass is 451 g/mol.